The first-order chi connectivity index (χ1) is 12.4. The summed E-state index contributed by atoms with van der Waals surface area (Å²) < 4.78 is 42.8. The SMILES string of the molecule is O=C(NCCc1nnc2ccccn12)Nc1ccccc1OC(F)(F)F. The van der Waals surface area contributed by atoms with E-state index in [1.165, 1.54) is 18.2 Å². The highest BCUT2D eigenvalue weighted by Gasteiger charge is 2.32. The quantitative estimate of drug-likeness (QED) is 0.728. The first-order valence-corrected chi connectivity index (χ1v) is 7.61. The Morgan fingerprint density at radius 3 is 2.69 bits per heavy atom. The normalized spacial score (nSPS) is 11.3. The first-order valence-electron chi connectivity index (χ1n) is 7.61. The summed E-state index contributed by atoms with van der Waals surface area (Å²) in [6.45, 7) is 0.226. The van der Waals surface area contributed by atoms with Gasteiger partial charge >= 0.3 is 12.4 Å². The number of para-hydroxylation sites is 2. The van der Waals surface area contributed by atoms with Gasteiger partial charge in [-0.1, -0.05) is 18.2 Å². The molecular formula is C16H14F3N5O2. The molecule has 0 spiro atoms. The summed E-state index contributed by atoms with van der Waals surface area (Å²) in [6.07, 6.45) is -2.64. The zero-order valence-electron chi connectivity index (χ0n) is 13.3. The number of carbonyl (C=O) groups excluding carboxylic acids is 1. The lowest BCUT2D eigenvalue weighted by Gasteiger charge is -2.14. The van der Waals surface area contributed by atoms with E-state index in [1.807, 2.05) is 12.1 Å². The molecule has 0 unspecified atom stereocenters. The molecule has 2 N–H and O–H groups in total. The fraction of sp³-hybridized carbons (Fsp3) is 0.188. The second kappa shape index (κ2) is 7.30. The van der Waals surface area contributed by atoms with E-state index >= 15 is 0 Å². The number of urea groups is 1. The third-order valence-corrected chi connectivity index (χ3v) is 3.38. The van der Waals surface area contributed by atoms with E-state index in [2.05, 4.69) is 25.6 Å². The molecule has 0 radical (unpaired) electrons. The van der Waals surface area contributed by atoms with Crippen molar-refractivity contribution in [1.82, 2.24) is 19.9 Å². The number of ether oxygens (including phenoxy) is 1. The molecule has 7 nitrogen and oxygen atoms in total. The average molecular weight is 365 g/mol. The molecule has 0 aliphatic heterocycles. The lowest BCUT2D eigenvalue weighted by atomic mass is 10.3. The van der Waals surface area contributed by atoms with Gasteiger partial charge in [-0.2, -0.15) is 0 Å². The molecule has 2 aromatic heterocycles. The molecule has 0 saturated carbocycles. The van der Waals surface area contributed by atoms with E-state index < -0.39 is 18.1 Å². The molecule has 0 fully saturated rings. The molecule has 26 heavy (non-hydrogen) atoms. The Morgan fingerprint density at radius 1 is 1.12 bits per heavy atom. The molecular weight excluding hydrogens is 351 g/mol. The number of benzene rings is 1. The minimum atomic E-state index is -4.84. The number of anilines is 1. The van der Waals surface area contributed by atoms with Crippen molar-refractivity contribution < 1.29 is 22.7 Å². The highest BCUT2D eigenvalue weighted by molar-refractivity contribution is 5.90. The summed E-state index contributed by atoms with van der Waals surface area (Å²) in [5.74, 6) is 0.167. The van der Waals surface area contributed by atoms with Crippen LogP contribution in [0.4, 0.5) is 23.7 Å². The summed E-state index contributed by atoms with van der Waals surface area (Å²) in [6, 6.07) is 10.1. The van der Waals surface area contributed by atoms with Crippen LogP contribution in [-0.4, -0.2) is 33.5 Å². The Hall–Kier alpha value is -3.30. The summed E-state index contributed by atoms with van der Waals surface area (Å²) in [4.78, 5) is 11.9. The molecule has 0 saturated heterocycles. The molecule has 3 aromatic rings. The summed E-state index contributed by atoms with van der Waals surface area (Å²) >= 11 is 0. The Balaban J connectivity index is 1.56. The number of carbonyl (C=O) groups is 1. The minimum absolute atomic E-state index is 0.0877. The van der Waals surface area contributed by atoms with Gasteiger partial charge in [0.25, 0.3) is 0 Å². The molecule has 2 heterocycles. The maximum absolute atomic E-state index is 12.4. The zero-order chi connectivity index (χ0) is 18.6. The third kappa shape index (κ3) is 4.41. The first kappa shape index (κ1) is 17.5. The highest BCUT2D eigenvalue weighted by atomic mass is 19.4. The van der Waals surface area contributed by atoms with E-state index in [1.54, 1.807) is 16.7 Å². The van der Waals surface area contributed by atoms with E-state index in [0.29, 0.717) is 17.9 Å². The summed E-state index contributed by atoms with van der Waals surface area (Å²) in [7, 11) is 0. The van der Waals surface area contributed by atoms with Crippen molar-refractivity contribution in [3.05, 3.63) is 54.5 Å². The van der Waals surface area contributed by atoms with Crippen LogP contribution in [0.1, 0.15) is 5.82 Å². The van der Waals surface area contributed by atoms with Crippen molar-refractivity contribution in [1.29, 1.82) is 0 Å². The molecule has 0 aliphatic rings. The fourth-order valence-corrected chi connectivity index (χ4v) is 2.30. The van der Waals surface area contributed by atoms with Crippen LogP contribution in [0.15, 0.2) is 48.7 Å². The molecule has 1 aromatic carbocycles. The van der Waals surface area contributed by atoms with Gasteiger partial charge in [0.15, 0.2) is 11.4 Å². The smallest absolute Gasteiger partial charge is 0.404 e. The Kier molecular flexibility index (Phi) is 4.92. The molecule has 0 aliphatic carbocycles. The minimum Gasteiger partial charge on any atom is -0.404 e. The predicted octanol–water partition coefficient (Wildman–Crippen LogP) is 2.99. The van der Waals surface area contributed by atoms with Crippen LogP contribution in [-0.2, 0) is 6.42 Å². The number of fused-ring (bicyclic) bond motifs is 1. The van der Waals surface area contributed by atoms with Crippen LogP contribution >= 0.6 is 0 Å². The van der Waals surface area contributed by atoms with Gasteiger partial charge in [0.1, 0.15) is 5.82 Å². The van der Waals surface area contributed by atoms with Crippen LogP contribution in [0.25, 0.3) is 5.65 Å². The summed E-state index contributed by atoms with van der Waals surface area (Å²) in [5.41, 5.74) is 0.598. The van der Waals surface area contributed by atoms with Gasteiger partial charge in [-0.3, -0.25) is 4.40 Å². The molecule has 3 rings (SSSR count). The summed E-state index contributed by atoms with van der Waals surface area (Å²) in [5, 5.41) is 12.9. The van der Waals surface area contributed by atoms with Crippen molar-refractivity contribution >= 4 is 17.4 Å². The lowest BCUT2D eigenvalue weighted by Crippen LogP contribution is -2.31. The van der Waals surface area contributed by atoms with Crippen molar-refractivity contribution in [2.75, 3.05) is 11.9 Å². The molecule has 0 atom stereocenters. The number of hydrogen-bond donors (Lipinski definition) is 2. The number of pyridine rings is 1. The number of hydrogen-bond acceptors (Lipinski definition) is 4. The van der Waals surface area contributed by atoms with Gasteiger partial charge in [0.05, 0.1) is 5.69 Å². The second-order valence-corrected chi connectivity index (χ2v) is 5.22. The van der Waals surface area contributed by atoms with Crippen molar-refractivity contribution in [2.45, 2.75) is 12.8 Å². The monoisotopic (exact) mass is 365 g/mol. The molecule has 2 amide bonds. The Morgan fingerprint density at radius 2 is 1.88 bits per heavy atom. The zero-order valence-corrected chi connectivity index (χ0v) is 13.3. The van der Waals surface area contributed by atoms with Crippen molar-refractivity contribution in [3.63, 3.8) is 0 Å². The van der Waals surface area contributed by atoms with Crippen LogP contribution in [0.5, 0.6) is 5.75 Å². The van der Waals surface area contributed by atoms with Crippen molar-refractivity contribution in [3.8, 4) is 5.75 Å². The number of alkyl halides is 3. The van der Waals surface area contributed by atoms with Crippen LogP contribution in [0.2, 0.25) is 0 Å². The number of rotatable bonds is 5. The standard InChI is InChI=1S/C16H14F3N5O2/c17-16(18,19)26-12-6-2-1-5-11(12)21-15(25)20-9-8-14-23-22-13-7-3-4-10-24(13)14/h1-7,10H,8-9H2,(H2,20,21,25). The molecule has 0 bridgehead atoms. The largest absolute Gasteiger partial charge is 0.573 e. The predicted molar refractivity (Wildman–Crippen MR) is 86.8 cm³/mol. The van der Waals surface area contributed by atoms with Gasteiger partial charge in [-0.05, 0) is 24.3 Å². The number of nitrogens with one attached hydrogen (secondary N) is 2. The molecule has 10 heteroatoms. The second-order valence-electron chi connectivity index (χ2n) is 5.22. The van der Waals surface area contributed by atoms with E-state index in [0.717, 1.165) is 6.07 Å². The maximum Gasteiger partial charge on any atom is 0.573 e. The number of aromatic nitrogens is 3. The number of nitrogens with zero attached hydrogens (tertiary/aromatic N) is 3. The van der Waals surface area contributed by atoms with Gasteiger partial charge < -0.3 is 15.4 Å². The van der Waals surface area contributed by atoms with Gasteiger partial charge in [0.2, 0.25) is 0 Å². The topological polar surface area (TPSA) is 80.6 Å². The highest BCUT2D eigenvalue weighted by Crippen LogP contribution is 2.29. The fourth-order valence-electron chi connectivity index (χ4n) is 2.30. The van der Waals surface area contributed by atoms with E-state index in [-0.39, 0.29) is 12.2 Å². The van der Waals surface area contributed by atoms with E-state index in [9.17, 15) is 18.0 Å². The van der Waals surface area contributed by atoms with Crippen LogP contribution in [0, 0.1) is 0 Å². The molecule has 136 valence electrons. The lowest BCUT2D eigenvalue weighted by molar-refractivity contribution is -0.274. The number of halogens is 3. The van der Waals surface area contributed by atoms with Gasteiger partial charge in [-0.15, -0.1) is 23.4 Å². The van der Waals surface area contributed by atoms with Gasteiger partial charge in [-0.25, -0.2) is 4.79 Å². The maximum atomic E-state index is 12.4. The van der Waals surface area contributed by atoms with Crippen LogP contribution < -0.4 is 15.4 Å². The number of amides is 2. The van der Waals surface area contributed by atoms with Crippen LogP contribution in [0.3, 0.4) is 0 Å². The van der Waals surface area contributed by atoms with Crippen molar-refractivity contribution in [2.24, 2.45) is 0 Å². The average Bonchev–Trinajstić information content (AvgIpc) is 2.99. The third-order valence-electron chi connectivity index (χ3n) is 3.38. The Bertz CT molecular complexity index is 910. The Labute approximate surface area is 145 Å². The van der Waals surface area contributed by atoms with Gasteiger partial charge in [0, 0.05) is 19.2 Å². The van der Waals surface area contributed by atoms with E-state index in [4.69, 9.17) is 0 Å².